The fourth-order valence-corrected chi connectivity index (χ4v) is 5.16. The zero-order valence-corrected chi connectivity index (χ0v) is 27.8. The quantitative estimate of drug-likeness (QED) is 0.285. The molecule has 0 unspecified atom stereocenters. The molecule has 1 heterocycles. The van der Waals surface area contributed by atoms with E-state index in [9.17, 15) is 0 Å². The summed E-state index contributed by atoms with van der Waals surface area (Å²) in [6.45, 7) is 15.4. The van der Waals surface area contributed by atoms with Crippen molar-refractivity contribution < 1.29 is 41.6 Å². The molecule has 0 N–H and O–H groups in total. The summed E-state index contributed by atoms with van der Waals surface area (Å²) in [5.74, 6) is 0. The van der Waals surface area contributed by atoms with E-state index in [4.69, 9.17) is 15.0 Å². The molecule has 6 heteroatoms. The van der Waals surface area contributed by atoms with E-state index in [1.807, 2.05) is 12.4 Å². The molecular weight excluding hydrogens is 580 g/mol. The molecule has 0 amide bonds. The molecule has 219 valence electrons. The van der Waals surface area contributed by atoms with Crippen molar-refractivity contribution in [3.05, 3.63) is 86.7 Å². The average molecular weight is 626 g/mol. The van der Waals surface area contributed by atoms with Gasteiger partial charge in [-0.05, 0) is 86.4 Å². The van der Waals surface area contributed by atoms with Crippen LogP contribution in [0.25, 0.3) is 0 Å². The monoisotopic (exact) mass is 624 g/mol. The fourth-order valence-electron chi connectivity index (χ4n) is 5.16. The first-order valence-electron chi connectivity index (χ1n) is 14.2. The van der Waals surface area contributed by atoms with Gasteiger partial charge in [0.2, 0.25) is 0 Å². The van der Waals surface area contributed by atoms with Crippen LogP contribution in [0.15, 0.2) is 46.4 Å². The van der Waals surface area contributed by atoms with E-state index in [1.54, 1.807) is 0 Å². The van der Waals surface area contributed by atoms with Gasteiger partial charge in [-0.2, -0.15) is 0 Å². The van der Waals surface area contributed by atoms with Crippen molar-refractivity contribution in [1.29, 1.82) is 0 Å². The summed E-state index contributed by atoms with van der Waals surface area (Å²) in [7, 11) is 0. The molecule has 1 radical (unpaired) electrons. The molecule has 1 aromatic heterocycles. The summed E-state index contributed by atoms with van der Waals surface area (Å²) in [5, 5.41) is 0. The third kappa shape index (κ3) is 10.8. The second-order valence-corrected chi connectivity index (χ2v) is 10.4. The number of aliphatic imine (C=N–C) groups is 2. The number of pyridine rings is 1. The molecule has 3 nitrogen and oxygen atoms in total. The third-order valence-electron chi connectivity index (χ3n) is 6.56. The van der Waals surface area contributed by atoms with Crippen LogP contribution in [0.3, 0.4) is 0 Å². The Morgan fingerprint density at radius 2 is 0.800 bits per heavy atom. The second kappa shape index (κ2) is 19.2. The van der Waals surface area contributed by atoms with E-state index >= 15 is 0 Å². The Labute approximate surface area is 265 Å². The maximum absolute atomic E-state index is 5.01. The van der Waals surface area contributed by atoms with Gasteiger partial charge in [0.25, 0.3) is 0 Å². The first-order valence-corrected chi connectivity index (χ1v) is 14.2. The minimum absolute atomic E-state index is 0. The van der Waals surface area contributed by atoms with Crippen LogP contribution in [0.5, 0.6) is 0 Å². The zero-order chi connectivity index (χ0) is 26.8. The Bertz CT molecular complexity index is 1120. The predicted molar refractivity (Wildman–Crippen MR) is 162 cm³/mol. The molecule has 2 aromatic carbocycles. The molecular formula is C34H45Cl2CoN3. The predicted octanol–water partition coefficient (Wildman–Crippen LogP) is 3.32. The van der Waals surface area contributed by atoms with Gasteiger partial charge in [-0.15, -0.1) is 0 Å². The topological polar surface area (TPSA) is 37.6 Å². The Kier molecular flexibility index (Phi) is 18.2. The summed E-state index contributed by atoms with van der Waals surface area (Å²) in [5.41, 5.74) is 13.1. The van der Waals surface area contributed by atoms with Crippen LogP contribution in [0.1, 0.15) is 104 Å². The SMILES string of the molecule is CCCc1cc(C)cc(CCC)c1N=Cc1cc(C)cc(C=Nc2c(CCC)cc(C)cc2CCC)n1.[Cl-].[Cl-].[Co+2]. The molecule has 0 saturated carbocycles. The van der Waals surface area contributed by atoms with Crippen molar-refractivity contribution in [3.63, 3.8) is 0 Å². The fraction of sp³-hybridized carbons (Fsp3) is 0.441. The van der Waals surface area contributed by atoms with Gasteiger partial charge in [-0.25, -0.2) is 4.98 Å². The zero-order valence-electron chi connectivity index (χ0n) is 25.2. The first kappa shape index (κ1) is 38.0. The summed E-state index contributed by atoms with van der Waals surface area (Å²) >= 11 is 0. The largest absolute Gasteiger partial charge is 2.00 e. The van der Waals surface area contributed by atoms with Gasteiger partial charge < -0.3 is 24.8 Å². The molecule has 3 rings (SSSR count). The number of aromatic nitrogens is 1. The van der Waals surface area contributed by atoms with E-state index in [2.05, 4.69) is 84.9 Å². The van der Waals surface area contributed by atoms with Gasteiger partial charge >= 0.3 is 16.8 Å². The minimum atomic E-state index is 0. The number of halogens is 2. The van der Waals surface area contributed by atoms with E-state index in [0.717, 1.165) is 79.7 Å². The maximum Gasteiger partial charge on any atom is 2.00 e. The van der Waals surface area contributed by atoms with Crippen LogP contribution in [0.4, 0.5) is 11.4 Å². The Balaban J connectivity index is 0.00000507. The molecule has 40 heavy (non-hydrogen) atoms. The van der Waals surface area contributed by atoms with Crippen LogP contribution in [-0.2, 0) is 42.5 Å². The van der Waals surface area contributed by atoms with Crippen molar-refractivity contribution in [2.75, 3.05) is 0 Å². The van der Waals surface area contributed by atoms with Gasteiger partial charge in [0.05, 0.1) is 35.2 Å². The molecule has 0 aliphatic heterocycles. The van der Waals surface area contributed by atoms with E-state index < -0.39 is 0 Å². The molecule has 0 spiro atoms. The normalized spacial score (nSPS) is 10.9. The number of hydrogen-bond donors (Lipinski definition) is 0. The Morgan fingerprint density at radius 1 is 0.525 bits per heavy atom. The van der Waals surface area contributed by atoms with Gasteiger partial charge in [0, 0.05) is 0 Å². The molecule has 0 saturated heterocycles. The van der Waals surface area contributed by atoms with Crippen LogP contribution >= 0.6 is 0 Å². The number of benzene rings is 2. The van der Waals surface area contributed by atoms with Gasteiger partial charge in [-0.1, -0.05) is 88.8 Å². The van der Waals surface area contributed by atoms with Crippen LogP contribution in [-0.4, -0.2) is 17.4 Å². The summed E-state index contributed by atoms with van der Waals surface area (Å²) < 4.78 is 0. The number of hydrogen-bond acceptors (Lipinski definition) is 3. The minimum Gasteiger partial charge on any atom is -1.00 e. The van der Waals surface area contributed by atoms with Gasteiger partial charge in [-0.3, -0.25) is 9.98 Å². The molecule has 3 aromatic rings. The molecule has 0 aliphatic rings. The van der Waals surface area contributed by atoms with E-state index in [1.165, 1.54) is 33.4 Å². The summed E-state index contributed by atoms with van der Waals surface area (Å²) in [6.07, 6.45) is 12.5. The van der Waals surface area contributed by atoms with E-state index in [0.29, 0.717) is 0 Å². The van der Waals surface area contributed by atoms with Crippen molar-refractivity contribution >= 4 is 23.8 Å². The Hall–Kier alpha value is -1.98. The van der Waals surface area contributed by atoms with Crippen molar-refractivity contribution in [1.82, 2.24) is 4.98 Å². The van der Waals surface area contributed by atoms with Crippen molar-refractivity contribution in [2.24, 2.45) is 9.98 Å². The van der Waals surface area contributed by atoms with Crippen LogP contribution in [0.2, 0.25) is 0 Å². The van der Waals surface area contributed by atoms with Crippen LogP contribution < -0.4 is 24.8 Å². The molecule has 0 fully saturated rings. The second-order valence-electron chi connectivity index (χ2n) is 10.4. The van der Waals surface area contributed by atoms with Crippen molar-refractivity contribution in [2.45, 2.75) is 99.8 Å². The van der Waals surface area contributed by atoms with Gasteiger partial charge in [0.15, 0.2) is 0 Å². The van der Waals surface area contributed by atoms with Crippen molar-refractivity contribution in [3.8, 4) is 0 Å². The molecule has 0 atom stereocenters. The smallest absolute Gasteiger partial charge is 1.00 e. The number of nitrogens with zero attached hydrogens (tertiary/aromatic N) is 3. The summed E-state index contributed by atoms with van der Waals surface area (Å²) in [6, 6.07) is 13.4. The standard InChI is InChI=1S/C34H45N3.2ClH.Co/c1-8-12-27-16-24(5)17-28(13-9-2)33(27)35-22-31-20-26(7)21-32(37-31)23-36-34-29(14-10-3)18-25(6)19-30(34)15-11-4;;;/h16-23H,8-15H2,1-7H3;2*1H;/q;;;+2/p-2. The van der Waals surface area contributed by atoms with E-state index in [-0.39, 0.29) is 41.6 Å². The Morgan fingerprint density at radius 3 is 1.07 bits per heavy atom. The maximum atomic E-state index is 5.01. The summed E-state index contributed by atoms with van der Waals surface area (Å²) in [4.78, 5) is 14.9. The third-order valence-corrected chi connectivity index (χ3v) is 6.56. The number of rotatable bonds is 12. The molecule has 0 aliphatic carbocycles. The van der Waals surface area contributed by atoms with Gasteiger partial charge in [0.1, 0.15) is 0 Å². The first-order chi connectivity index (χ1) is 17.9. The number of aryl methyl sites for hydroxylation is 7. The molecule has 0 bridgehead atoms. The average Bonchev–Trinajstić information content (AvgIpc) is 2.83. The van der Waals surface area contributed by atoms with Crippen LogP contribution in [0, 0.1) is 20.8 Å².